The third-order valence-electron chi connectivity index (χ3n) is 2.33. The Balaban J connectivity index is 2.62. The molecular formula is C14H18O3. The molecule has 1 aromatic carbocycles. The quantitative estimate of drug-likeness (QED) is 0.735. The topological polar surface area (TPSA) is 35.5 Å². The average molecular weight is 234 g/mol. The highest BCUT2D eigenvalue weighted by molar-refractivity contribution is 5.72. The number of hydrogen-bond acceptors (Lipinski definition) is 3. The Hall–Kier alpha value is -1.77. The van der Waals surface area contributed by atoms with E-state index in [9.17, 15) is 4.79 Å². The lowest BCUT2D eigenvalue weighted by Crippen LogP contribution is -2.01. The number of aryl methyl sites for hydroxylation is 1. The van der Waals surface area contributed by atoms with Crippen LogP contribution in [0.4, 0.5) is 0 Å². The summed E-state index contributed by atoms with van der Waals surface area (Å²) in [6.07, 6.45) is 3.98. The number of hydrogen-bond donors (Lipinski definition) is 0. The molecule has 0 fully saturated rings. The van der Waals surface area contributed by atoms with Crippen LogP contribution in [-0.2, 0) is 9.53 Å². The molecule has 92 valence electrons. The number of methoxy groups -OCH3 is 1. The summed E-state index contributed by atoms with van der Waals surface area (Å²) in [4.78, 5) is 11.1. The van der Waals surface area contributed by atoms with Gasteiger partial charge in [0.1, 0.15) is 5.75 Å². The van der Waals surface area contributed by atoms with Crippen molar-refractivity contribution >= 4 is 12.0 Å². The molecule has 0 aliphatic carbocycles. The first-order chi connectivity index (χ1) is 8.17. The Morgan fingerprint density at radius 2 is 2.18 bits per heavy atom. The minimum Gasteiger partial charge on any atom is -0.496 e. The Kier molecular flexibility index (Phi) is 5.27. The number of esters is 1. The number of carbonyl (C=O) groups excluding carboxylic acids is 1. The number of benzene rings is 1. The van der Waals surface area contributed by atoms with Gasteiger partial charge < -0.3 is 9.47 Å². The van der Waals surface area contributed by atoms with Crippen LogP contribution in [0.15, 0.2) is 24.3 Å². The van der Waals surface area contributed by atoms with Crippen LogP contribution in [0, 0.1) is 6.92 Å². The van der Waals surface area contributed by atoms with Gasteiger partial charge in [0.15, 0.2) is 0 Å². The summed E-state index contributed by atoms with van der Waals surface area (Å²) in [6, 6.07) is 5.92. The highest BCUT2D eigenvalue weighted by Crippen LogP contribution is 2.19. The van der Waals surface area contributed by atoms with Gasteiger partial charge in [0, 0.05) is 0 Å². The van der Waals surface area contributed by atoms with Crippen molar-refractivity contribution < 1.29 is 14.3 Å². The zero-order chi connectivity index (χ0) is 12.7. The molecule has 0 saturated heterocycles. The van der Waals surface area contributed by atoms with Crippen LogP contribution >= 0.6 is 0 Å². The van der Waals surface area contributed by atoms with Gasteiger partial charge in [0.2, 0.25) is 0 Å². The molecule has 3 nitrogen and oxygen atoms in total. The van der Waals surface area contributed by atoms with Crippen LogP contribution in [-0.4, -0.2) is 19.7 Å². The van der Waals surface area contributed by atoms with Crippen LogP contribution in [0.1, 0.15) is 24.5 Å². The summed E-state index contributed by atoms with van der Waals surface area (Å²) < 4.78 is 10.1. The van der Waals surface area contributed by atoms with Crippen LogP contribution in [0.25, 0.3) is 6.08 Å². The van der Waals surface area contributed by atoms with Crippen molar-refractivity contribution in [2.24, 2.45) is 0 Å². The van der Waals surface area contributed by atoms with E-state index in [0.717, 1.165) is 16.9 Å². The Morgan fingerprint density at radius 3 is 2.82 bits per heavy atom. The van der Waals surface area contributed by atoms with Crippen molar-refractivity contribution in [2.75, 3.05) is 13.7 Å². The summed E-state index contributed by atoms with van der Waals surface area (Å²) in [5, 5.41) is 0. The summed E-state index contributed by atoms with van der Waals surface area (Å²) in [5.74, 6) is 0.645. The summed E-state index contributed by atoms with van der Waals surface area (Å²) >= 11 is 0. The molecule has 3 heteroatoms. The molecule has 0 unspecified atom stereocenters. The van der Waals surface area contributed by atoms with Gasteiger partial charge in [-0.2, -0.15) is 0 Å². The molecule has 1 aromatic rings. The molecule has 0 atom stereocenters. The minimum atomic E-state index is -0.206. The van der Waals surface area contributed by atoms with Crippen LogP contribution in [0.5, 0.6) is 5.75 Å². The second kappa shape index (κ2) is 6.74. The molecule has 0 aliphatic rings. The van der Waals surface area contributed by atoms with Crippen LogP contribution in [0.3, 0.4) is 0 Å². The van der Waals surface area contributed by atoms with Crippen LogP contribution in [0.2, 0.25) is 0 Å². The van der Waals surface area contributed by atoms with Gasteiger partial charge in [-0.1, -0.05) is 24.3 Å². The van der Waals surface area contributed by atoms with E-state index in [2.05, 4.69) is 0 Å². The normalized spacial score (nSPS) is 10.5. The Morgan fingerprint density at radius 1 is 1.41 bits per heavy atom. The molecular weight excluding hydrogens is 216 g/mol. The number of carbonyl (C=O) groups is 1. The summed E-state index contributed by atoms with van der Waals surface area (Å²) in [5.41, 5.74) is 2.10. The van der Waals surface area contributed by atoms with Crippen molar-refractivity contribution in [1.82, 2.24) is 0 Å². The summed E-state index contributed by atoms with van der Waals surface area (Å²) in [6.45, 7) is 4.21. The fourth-order valence-corrected chi connectivity index (χ4v) is 1.45. The van der Waals surface area contributed by atoms with E-state index in [1.54, 1.807) is 20.1 Å². The van der Waals surface area contributed by atoms with Gasteiger partial charge in [-0.05, 0) is 31.0 Å². The lowest BCUT2D eigenvalue weighted by Gasteiger charge is -2.04. The predicted octanol–water partition coefficient (Wildman–Crippen LogP) is 2.97. The van der Waals surface area contributed by atoms with Crippen molar-refractivity contribution in [3.63, 3.8) is 0 Å². The predicted molar refractivity (Wildman–Crippen MR) is 68.0 cm³/mol. The molecule has 0 amide bonds. The van der Waals surface area contributed by atoms with Gasteiger partial charge in [-0.25, -0.2) is 0 Å². The zero-order valence-corrected chi connectivity index (χ0v) is 10.5. The van der Waals surface area contributed by atoms with Crippen molar-refractivity contribution in [2.45, 2.75) is 20.3 Å². The molecule has 1 rings (SSSR count). The van der Waals surface area contributed by atoms with E-state index in [0.29, 0.717) is 13.0 Å². The second-order valence-corrected chi connectivity index (χ2v) is 3.64. The van der Waals surface area contributed by atoms with E-state index in [1.165, 1.54) is 0 Å². The third kappa shape index (κ3) is 4.31. The molecule has 0 radical (unpaired) electrons. The number of ether oxygens (including phenoxy) is 2. The summed E-state index contributed by atoms with van der Waals surface area (Å²) in [7, 11) is 1.65. The van der Waals surface area contributed by atoms with E-state index in [4.69, 9.17) is 9.47 Å². The first kappa shape index (κ1) is 13.3. The van der Waals surface area contributed by atoms with Gasteiger partial charge in [-0.3, -0.25) is 4.79 Å². The Labute approximate surface area is 102 Å². The maximum Gasteiger partial charge on any atom is 0.309 e. The van der Waals surface area contributed by atoms with Crippen molar-refractivity contribution in [3.05, 3.63) is 35.4 Å². The number of rotatable bonds is 5. The molecule has 0 spiro atoms. The maximum absolute atomic E-state index is 11.1. The van der Waals surface area contributed by atoms with Gasteiger partial charge >= 0.3 is 5.97 Å². The minimum absolute atomic E-state index is 0.206. The van der Waals surface area contributed by atoms with E-state index in [-0.39, 0.29) is 5.97 Å². The third-order valence-corrected chi connectivity index (χ3v) is 2.33. The highest BCUT2D eigenvalue weighted by Gasteiger charge is 1.99. The zero-order valence-electron chi connectivity index (χ0n) is 10.5. The molecule has 0 aliphatic heterocycles. The van der Waals surface area contributed by atoms with Crippen molar-refractivity contribution in [1.29, 1.82) is 0 Å². The standard InChI is InChI=1S/C14H18O3/c1-4-17-14(15)7-5-6-12-9-8-11(2)13(10-12)16-3/h5-6,8-10H,4,7H2,1-3H3. The molecule has 0 aromatic heterocycles. The molecule has 0 N–H and O–H groups in total. The van der Waals surface area contributed by atoms with Gasteiger partial charge in [0.25, 0.3) is 0 Å². The van der Waals surface area contributed by atoms with Gasteiger partial charge in [-0.15, -0.1) is 0 Å². The first-order valence-electron chi connectivity index (χ1n) is 5.64. The molecule has 0 heterocycles. The molecule has 0 saturated carbocycles. The average Bonchev–Trinajstić information content (AvgIpc) is 2.31. The maximum atomic E-state index is 11.1. The fraction of sp³-hybridized carbons (Fsp3) is 0.357. The molecule has 0 bridgehead atoms. The first-order valence-corrected chi connectivity index (χ1v) is 5.64. The van der Waals surface area contributed by atoms with Gasteiger partial charge in [0.05, 0.1) is 20.1 Å². The largest absolute Gasteiger partial charge is 0.496 e. The molecule has 17 heavy (non-hydrogen) atoms. The van der Waals surface area contributed by atoms with E-state index < -0.39 is 0 Å². The van der Waals surface area contributed by atoms with Crippen molar-refractivity contribution in [3.8, 4) is 5.75 Å². The lowest BCUT2D eigenvalue weighted by molar-refractivity contribution is -0.142. The second-order valence-electron chi connectivity index (χ2n) is 3.64. The smallest absolute Gasteiger partial charge is 0.309 e. The fourth-order valence-electron chi connectivity index (χ4n) is 1.45. The lowest BCUT2D eigenvalue weighted by atomic mass is 10.1. The van der Waals surface area contributed by atoms with E-state index in [1.807, 2.05) is 31.2 Å². The monoisotopic (exact) mass is 234 g/mol. The van der Waals surface area contributed by atoms with E-state index >= 15 is 0 Å². The SMILES string of the molecule is CCOC(=O)CC=Cc1ccc(C)c(OC)c1. The Bertz CT molecular complexity index is 408. The van der Waals surface area contributed by atoms with Crippen LogP contribution < -0.4 is 4.74 Å². The highest BCUT2D eigenvalue weighted by atomic mass is 16.5.